The molecule has 1 aliphatic carbocycles. The van der Waals surface area contributed by atoms with Crippen LogP contribution in [0.15, 0.2) is 18.2 Å². The van der Waals surface area contributed by atoms with Crippen LogP contribution in [0, 0.1) is 18.7 Å². The first-order valence-corrected chi connectivity index (χ1v) is 8.00. The highest BCUT2D eigenvalue weighted by Gasteiger charge is 2.34. The van der Waals surface area contributed by atoms with Crippen molar-refractivity contribution in [3.63, 3.8) is 0 Å². The summed E-state index contributed by atoms with van der Waals surface area (Å²) in [5.41, 5.74) is 2.10. The molecule has 0 spiro atoms. The number of aryl methyl sites for hydroxylation is 1. The van der Waals surface area contributed by atoms with Crippen molar-refractivity contribution in [3.05, 3.63) is 29.6 Å². The number of piperidine rings is 1. The van der Waals surface area contributed by atoms with Gasteiger partial charge in [0.1, 0.15) is 5.82 Å². The second-order valence-electron chi connectivity index (χ2n) is 6.36. The Labute approximate surface area is 121 Å². The molecule has 1 saturated heterocycles. The topological polar surface area (TPSA) is 24.1 Å². The molecule has 1 aliphatic heterocycles. The molecule has 0 bridgehead atoms. The van der Waals surface area contributed by atoms with E-state index in [0.29, 0.717) is 12.1 Å². The molecular weight excluding hydrogens is 251 g/mol. The molecule has 1 aromatic rings. The van der Waals surface area contributed by atoms with Gasteiger partial charge in [-0.15, -0.1) is 0 Å². The van der Waals surface area contributed by atoms with Crippen LogP contribution >= 0.6 is 0 Å². The minimum Gasteiger partial charge on any atom is -0.382 e. The number of rotatable bonds is 3. The summed E-state index contributed by atoms with van der Waals surface area (Å²) in [6, 6.07) is 6.26. The fourth-order valence-electron chi connectivity index (χ4n) is 3.88. The summed E-state index contributed by atoms with van der Waals surface area (Å²) >= 11 is 0. The predicted molar refractivity (Wildman–Crippen MR) is 81.5 cm³/mol. The summed E-state index contributed by atoms with van der Waals surface area (Å²) in [4.78, 5) is 0. The van der Waals surface area contributed by atoms with Crippen molar-refractivity contribution in [3.8, 4) is 0 Å². The molecule has 0 amide bonds. The van der Waals surface area contributed by atoms with E-state index in [1.54, 1.807) is 12.1 Å². The molecule has 20 heavy (non-hydrogen) atoms. The fourth-order valence-corrected chi connectivity index (χ4v) is 3.88. The lowest BCUT2D eigenvalue weighted by Gasteiger charge is -2.33. The van der Waals surface area contributed by atoms with Gasteiger partial charge in [0.15, 0.2) is 0 Å². The Morgan fingerprint density at radius 1 is 1.15 bits per heavy atom. The molecule has 1 aromatic carbocycles. The van der Waals surface area contributed by atoms with Crippen molar-refractivity contribution in [2.24, 2.45) is 5.92 Å². The smallest absolute Gasteiger partial charge is 0.123 e. The quantitative estimate of drug-likeness (QED) is 0.876. The van der Waals surface area contributed by atoms with Crippen molar-refractivity contribution < 1.29 is 4.39 Å². The lowest BCUT2D eigenvalue weighted by atomic mass is 9.88. The molecule has 2 N–H and O–H groups in total. The van der Waals surface area contributed by atoms with Gasteiger partial charge in [-0.1, -0.05) is 12.8 Å². The van der Waals surface area contributed by atoms with Gasteiger partial charge in [0, 0.05) is 17.8 Å². The van der Waals surface area contributed by atoms with Gasteiger partial charge in [0.25, 0.3) is 0 Å². The third kappa shape index (κ3) is 2.98. The molecule has 0 aromatic heterocycles. The standard InChI is InChI=1S/C17H25FN2/c1-12-11-13(18)8-9-15(12)20-17-7-4-5-14(17)16-6-2-3-10-19-16/h8-9,11,14,16-17,19-20H,2-7,10H2,1H3. The molecule has 2 fully saturated rings. The molecule has 110 valence electrons. The van der Waals surface area contributed by atoms with Gasteiger partial charge in [0.2, 0.25) is 0 Å². The van der Waals surface area contributed by atoms with Crippen LogP contribution in [0.2, 0.25) is 0 Å². The van der Waals surface area contributed by atoms with E-state index in [9.17, 15) is 4.39 Å². The summed E-state index contributed by atoms with van der Waals surface area (Å²) in [7, 11) is 0. The number of anilines is 1. The van der Waals surface area contributed by atoms with Gasteiger partial charge in [0.05, 0.1) is 0 Å². The molecule has 3 atom stereocenters. The minimum absolute atomic E-state index is 0.148. The number of hydrogen-bond donors (Lipinski definition) is 2. The zero-order chi connectivity index (χ0) is 13.9. The van der Waals surface area contributed by atoms with Crippen LogP contribution in [-0.4, -0.2) is 18.6 Å². The van der Waals surface area contributed by atoms with Crippen molar-refractivity contribution in [2.75, 3.05) is 11.9 Å². The van der Waals surface area contributed by atoms with E-state index in [-0.39, 0.29) is 5.82 Å². The molecule has 0 radical (unpaired) electrons. The third-order valence-electron chi connectivity index (χ3n) is 4.96. The van der Waals surface area contributed by atoms with Crippen LogP contribution in [0.25, 0.3) is 0 Å². The Morgan fingerprint density at radius 3 is 2.80 bits per heavy atom. The van der Waals surface area contributed by atoms with Gasteiger partial charge in [-0.2, -0.15) is 0 Å². The third-order valence-corrected chi connectivity index (χ3v) is 4.96. The maximum absolute atomic E-state index is 13.2. The molecule has 2 nitrogen and oxygen atoms in total. The Kier molecular flexibility index (Phi) is 4.25. The van der Waals surface area contributed by atoms with E-state index in [4.69, 9.17) is 0 Å². The molecule has 3 unspecified atom stereocenters. The number of benzene rings is 1. The van der Waals surface area contributed by atoms with Crippen LogP contribution in [0.5, 0.6) is 0 Å². The molecule has 3 heteroatoms. The lowest BCUT2D eigenvalue weighted by molar-refractivity contribution is 0.286. The summed E-state index contributed by atoms with van der Waals surface area (Å²) < 4.78 is 13.2. The van der Waals surface area contributed by atoms with E-state index in [1.165, 1.54) is 45.1 Å². The van der Waals surface area contributed by atoms with Crippen LogP contribution < -0.4 is 10.6 Å². The maximum Gasteiger partial charge on any atom is 0.123 e. The van der Waals surface area contributed by atoms with E-state index in [0.717, 1.165) is 17.2 Å². The summed E-state index contributed by atoms with van der Waals surface area (Å²) in [5, 5.41) is 7.38. The first kappa shape index (κ1) is 13.9. The van der Waals surface area contributed by atoms with Crippen molar-refractivity contribution in [1.29, 1.82) is 0 Å². The maximum atomic E-state index is 13.2. The van der Waals surface area contributed by atoms with Crippen molar-refractivity contribution in [2.45, 2.75) is 57.5 Å². The Balaban J connectivity index is 1.68. The van der Waals surface area contributed by atoms with Gasteiger partial charge < -0.3 is 10.6 Å². The van der Waals surface area contributed by atoms with Crippen LogP contribution in [0.1, 0.15) is 44.1 Å². The molecule has 2 aliphatic rings. The lowest BCUT2D eigenvalue weighted by Crippen LogP contribution is -2.44. The first-order chi connectivity index (χ1) is 9.74. The first-order valence-electron chi connectivity index (χ1n) is 8.00. The second-order valence-corrected chi connectivity index (χ2v) is 6.36. The largest absolute Gasteiger partial charge is 0.382 e. The van der Waals surface area contributed by atoms with E-state index < -0.39 is 0 Å². The molecule has 3 rings (SSSR count). The average molecular weight is 276 g/mol. The van der Waals surface area contributed by atoms with Crippen LogP contribution in [0.4, 0.5) is 10.1 Å². The molecule has 1 saturated carbocycles. The Bertz CT molecular complexity index is 454. The highest BCUT2D eigenvalue weighted by Crippen LogP contribution is 2.34. The van der Waals surface area contributed by atoms with Gasteiger partial charge in [-0.3, -0.25) is 0 Å². The SMILES string of the molecule is Cc1cc(F)ccc1NC1CCCC1C1CCCCN1. The zero-order valence-electron chi connectivity index (χ0n) is 12.3. The van der Waals surface area contributed by atoms with Gasteiger partial charge in [-0.05, 0) is 68.8 Å². The summed E-state index contributed by atoms with van der Waals surface area (Å²) in [6.45, 7) is 3.15. The second kappa shape index (κ2) is 6.13. The Morgan fingerprint density at radius 2 is 2.05 bits per heavy atom. The molecular formula is C17H25FN2. The monoisotopic (exact) mass is 276 g/mol. The highest BCUT2D eigenvalue weighted by atomic mass is 19.1. The van der Waals surface area contributed by atoms with Gasteiger partial charge in [-0.25, -0.2) is 4.39 Å². The van der Waals surface area contributed by atoms with E-state index >= 15 is 0 Å². The number of nitrogens with one attached hydrogen (secondary N) is 2. The minimum atomic E-state index is -0.148. The number of hydrogen-bond acceptors (Lipinski definition) is 2. The van der Waals surface area contributed by atoms with Crippen molar-refractivity contribution >= 4 is 5.69 Å². The fraction of sp³-hybridized carbons (Fsp3) is 0.647. The predicted octanol–water partition coefficient (Wildman–Crippen LogP) is 3.86. The average Bonchev–Trinajstić information content (AvgIpc) is 2.91. The van der Waals surface area contributed by atoms with Crippen molar-refractivity contribution in [1.82, 2.24) is 5.32 Å². The van der Waals surface area contributed by atoms with E-state index in [2.05, 4.69) is 10.6 Å². The van der Waals surface area contributed by atoms with Crippen LogP contribution in [-0.2, 0) is 0 Å². The summed E-state index contributed by atoms with van der Waals surface area (Å²) in [5.74, 6) is 0.574. The normalized spacial score (nSPS) is 30.4. The zero-order valence-corrected chi connectivity index (χ0v) is 12.3. The summed E-state index contributed by atoms with van der Waals surface area (Å²) in [6.07, 6.45) is 7.84. The number of halogens is 1. The Hall–Kier alpha value is -1.09. The van der Waals surface area contributed by atoms with Gasteiger partial charge >= 0.3 is 0 Å². The highest BCUT2D eigenvalue weighted by molar-refractivity contribution is 5.51. The van der Waals surface area contributed by atoms with E-state index in [1.807, 2.05) is 13.0 Å². The van der Waals surface area contributed by atoms with Crippen LogP contribution in [0.3, 0.4) is 0 Å². The molecule has 1 heterocycles.